The van der Waals surface area contributed by atoms with Crippen LogP contribution in [0.4, 0.5) is 17.3 Å². The molecule has 0 fully saturated rings. The van der Waals surface area contributed by atoms with E-state index in [4.69, 9.17) is 21.1 Å². The Morgan fingerprint density at radius 3 is 2.33 bits per heavy atom. The van der Waals surface area contributed by atoms with Crippen LogP contribution >= 0.6 is 11.6 Å². The van der Waals surface area contributed by atoms with Crippen molar-refractivity contribution >= 4 is 34.8 Å². The number of hydrogen-bond donors (Lipinski definition) is 2. The first-order chi connectivity index (χ1) is 13.1. The van der Waals surface area contributed by atoms with Crippen LogP contribution in [0.25, 0.3) is 0 Å². The number of amides is 1. The maximum atomic E-state index is 12.3. The number of aromatic nitrogens is 2. The molecule has 1 aromatic heterocycles. The smallest absolute Gasteiger partial charge is 0.258 e. The number of anilines is 3. The molecule has 0 aliphatic heterocycles. The van der Waals surface area contributed by atoms with Gasteiger partial charge in [0.2, 0.25) is 5.95 Å². The number of ether oxygens (including phenoxy) is 2. The minimum atomic E-state index is -0.314. The van der Waals surface area contributed by atoms with Gasteiger partial charge in [-0.25, -0.2) is 9.97 Å². The molecule has 0 saturated carbocycles. The van der Waals surface area contributed by atoms with Gasteiger partial charge in [-0.2, -0.15) is 0 Å². The van der Waals surface area contributed by atoms with Crippen LogP contribution in [0.3, 0.4) is 0 Å². The first-order valence-corrected chi connectivity index (χ1v) is 8.35. The topological polar surface area (TPSA) is 85.4 Å². The van der Waals surface area contributed by atoms with Gasteiger partial charge in [-0.3, -0.25) is 4.79 Å². The number of methoxy groups -OCH3 is 2. The molecule has 2 N–H and O–H groups in total. The largest absolute Gasteiger partial charge is 0.497 e. The van der Waals surface area contributed by atoms with Crippen LogP contribution in [0.2, 0.25) is 5.02 Å². The monoisotopic (exact) mass is 384 g/mol. The predicted octanol–water partition coefficient (Wildman–Crippen LogP) is 4.14. The Morgan fingerprint density at radius 1 is 1.00 bits per heavy atom. The van der Waals surface area contributed by atoms with E-state index in [2.05, 4.69) is 20.6 Å². The number of benzene rings is 2. The number of halogens is 1. The molecule has 0 spiro atoms. The summed E-state index contributed by atoms with van der Waals surface area (Å²) in [6, 6.07) is 12.2. The molecule has 3 rings (SSSR count). The van der Waals surface area contributed by atoms with Gasteiger partial charge in [0, 0.05) is 29.2 Å². The molecule has 8 heteroatoms. The first kappa shape index (κ1) is 18.5. The second-order valence-electron chi connectivity index (χ2n) is 5.45. The normalized spacial score (nSPS) is 10.2. The van der Waals surface area contributed by atoms with E-state index >= 15 is 0 Å². The Kier molecular flexibility index (Phi) is 5.73. The summed E-state index contributed by atoms with van der Waals surface area (Å²) < 4.78 is 10.5. The van der Waals surface area contributed by atoms with Gasteiger partial charge >= 0.3 is 0 Å². The molecular weight excluding hydrogens is 368 g/mol. The third kappa shape index (κ3) is 4.65. The van der Waals surface area contributed by atoms with Crippen molar-refractivity contribution in [3.8, 4) is 11.5 Å². The second kappa shape index (κ2) is 8.37. The van der Waals surface area contributed by atoms with Crippen molar-refractivity contribution in [2.75, 3.05) is 24.9 Å². The summed E-state index contributed by atoms with van der Waals surface area (Å²) in [6.07, 6.45) is 2.88. The summed E-state index contributed by atoms with van der Waals surface area (Å²) in [4.78, 5) is 20.6. The van der Waals surface area contributed by atoms with Gasteiger partial charge in [0.25, 0.3) is 5.91 Å². The molecule has 0 radical (unpaired) electrons. The zero-order valence-corrected chi connectivity index (χ0v) is 15.4. The molecule has 0 unspecified atom stereocenters. The zero-order chi connectivity index (χ0) is 19.2. The summed E-state index contributed by atoms with van der Waals surface area (Å²) in [7, 11) is 3.14. The van der Waals surface area contributed by atoms with E-state index in [0.717, 1.165) is 0 Å². The fourth-order valence-electron chi connectivity index (χ4n) is 2.27. The molecule has 27 heavy (non-hydrogen) atoms. The Morgan fingerprint density at radius 2 is 1.70 bits per heavy atom. The summed E-state index contributed by atoms with van der Waals surface area (Å²) >= 11 is 5.83. The summed E-state index contributed by atoms with van der Waals surface area (Å²) in [6.45, 7) is 0. The quantitative estimate of drug-likeness (QED) is 0.664. The third-order valence-electron chi connectivity index (χ3n) is 3.67. The minimum Gasteiger partial charge on any atom is -0.497 e. The molecule has 1 heterocycles. The maximum absolute atomic E-state index is 12.3. The van der Waals surface area contributed by atoms with E-state index in [0.29, 0.717) is 39.4 Å². The predicted molar refractivity (Wildman–Crippen MR) is 104 cm³/mol. The Hall–Kier alpha value is -3.32. The standard InChI is InChI=1S/C19H17ClN4O3/c1-26-15-7-8-16(17(9-15)27-2)24-19-21-10-12(11-22-19)18(25)23-14-5-3-13(20)4-6-14/h3-11H,1-2H3,(H,23,25)(H,21,22,24). The van der Waals surface area contributed by atoms with Gasteiger partial charge in [-0.05, 0) is 36.4 Å². The van der Waals surface area contributed by atoms with Crippen molar-refractivity contribution in [3.63, 3.8) is 0 Å². The average molecular weight is 385 g/mol. The molecule has 0 atom stereocenters. The fourth-order valence-corrected chi connectivity index (χ4v) is 2.39. The van der Waals surface area contributed by atoms with Crippen molar-refractivity contribution in [1.82, 2.24) is 9.97 Å². The number of hydrogen-bond acceptors (Lipinski definition) is 6. The molecule has 138 valence electrons. The van der Waals surface area contributed by atoms with Gasteiger partial charge in [0.05, 0.1) is 25.5 Å². The van der Waals surface area contributed by atoms with Crippen LogP contribution in [-0.2, 0) is 0 Å². The lowest BCUT2D eigenvalue weighted by Gasteiger charge is -2.11. The van der Waals surface area contributed by atoms with Crippen molar-refractivity contribution in [1.29, 1.82) is 0 Å². The highest BCUT2D eigenvalue weighted by molar-refractivity contribution is 6.30. The molecule has 0 saturated heterocycles. The van der Waals surface area contributed by atoms with E-state index in [-0.39, 0.29) is 5.91 Å². The average Bonchev–Trinajstić information content (AvgIpc) is 2.70. The molecule has 1 amide bonds. The lowest BCUT2D eigenvalue weighted by atomic mass is 10.2. The Labute approximate surface area is 161 Å². The van der Waals surface area contributed by atoms with E-state index in [1.165, 1.54) is 12.4 Å². The number of nitrogens with zero attached hydrogens (tertiary/aromatic N) is 2. The van der Waals surface area contributed by atoms with Gasteiger partial charge in [-0.1, -0.05) is 11.6 Å². The Bertz CT molecular complexity index is 931. The molecule has 0 aliphatic rings. The molecule has 7 nitrogen and oxygen atoms in total. The molecule has 2 aromatic carbocycles. The van der Waals surface area contributed by atoms with E-state index in [1.54, 1.807) is 56.7 Å². The zero-order valence-electron chi connectivity index (χ0n) is 14.7. The van der Waals surface area contributed by atoms with E-state index < -0.39 is 0 Å². The van der Waals surface area contributed by atoms with Crippen LogP contribution in [0.1, 0.15) is 10.4 Å². The minimum absolute atomic E-state index is 0.314. The van der Waals surface area contributed by atoms with E-state index in [9.17, 15) is 4.79 Å². The third-order valence-corrected chi connectivity index (χ3v) is 3.92. The van der Waals surface area contributed by atoms with Crippen LogP contribution in [0, 0.1) is 0 Å². The summed E-state index contributed by atoms with van der Waals surface area (Å²) in [5.41, 5.74) is 1.64. The number of nitrogens with one attached hydrogen (secondary N) is 2. The van der Waals surface area contributed by atoms with Gasteiger partial charge in [-0.15, -0.1) is 0 Å². The van der Waals surface area contributed by atoms with Crippen molar-refractivity contribution in [2.24, 2.45) is 0 Å². The lowest BCUT2D eigenvalue weighted by molar-refractivity contribution is 0.102. The van der Waals surface area contributed by atoms with Crippen molar-refractivity contribution < 1.29 is 14.3 Å². The SMILES string of the molecule is COc1ccc(Nc2ncc(C(=O)Nc3ccc(Cl)cc3)cn2)c(OC)c1. The van der Waals surface area contributed by atoms with Crippen LogP contribution in [-0.4, -0.2) is 30.1 Å². The van der Waals surface area contributed by atoms with E-state index in [1.807, 2.05) is 0 Å². The highest BCUT2D eigenvalue weighted by Gasteiger charge is 2.10. The second-order valence-corrected chi connectivity index (χ2v) is 5.88. The number of carbonyl (C=O) groups excluding carboxylic acids is 1. The maximum Gasteiger partial charge on any atom is 0.258 e. The lowest BCUT2D eigenvalue weighted by Crippen LogP contribution is -2.13. The number of carbonyl (C=O) groups is 1. The highest BCUT2D eigenvalue weighted by atomic mass is 35.5. The Balaban J connectivity index is 1.70. The van der Waals surface area contributed by atoms with Gasteiger partial charge in [0.15, 0.2) is 0 Å². The molecule has 0 aliphatic carbocycles. The first-order valence-electron chi connectivity index (χ1n) is 7.97. The number of rotatable bonds is 6. The van der Waals surface area contributed by atoms with Crippen LogP contribution in [0.15, 0.2) is 54.9 Å². The molecule has 3 aromatic rings. The van der Waals surface area contributed by atoms with Crippen LogP contribution in [0.5, 0.6) is 11.5 Å². The molecule has 0 bridgehead atoms. The van der Waals surface area contributed by atoms with Crippen LogP contribution < -0.4 is 20.1 Å². The highest BCUT2D eigenvalue weighted by Crippen LogP contribution is 2.30. The van der Waals surface area contributed by atoms with Crippen molar-refractivity contribution in [2.45, 2.75) is 0 Å². The van der Waals surface area contributed by atoms with Crippen molar-refractivity contribution in [3.05, 3.63) is 65.4 Å². The summed E-state index contributed by atoms with van der Waals surface area (Å²) in [5, 5.41) is 6.40. The molecular formula is C19H17ClN4O3. The van der Waals surface area contributed by atoms with Gasteiger partial charge < -0.3 is 20.1 Å². The fraction of sp³-hybridized carbons (Fsp3) is 0.105. The van der Waals surface area contributed by atoms with Gasteiger partial charge in [0.1, 0.15) is 11.5 Å². The summed E-state index contributed by atoms with van der Waals surface area (Å²) in [5.74, 6) is 1.28.